The largest absolute Gasteiger partial charge is 0.267 e. The Bertz CT molecular complexity index is 644. The lowest BCUT2D eigenvalue weighted by Crippen LogP contribution is -2.17. The van der Waals surface area contributed by atoms with Crippen molar-refractivity contribution < 1.29 is 16.8 Å². The zero-order chi connectivity index (χ0) is 14.1. The van der Waals surface area contributed by atoms with E-state index in [1.807, 2.05) is 0 Å². The van der Waals surface area contributed by atoms with Gasteiger partial charge in [-0.1, -0.05) is 6.92 Å². The molecule has 0 aliphatic rings. The van der Waals surface area contributed by atoms with E-state index < -0.39 is 19.9 Å². The van der Waals surface area contributed by atoms with Gasteiger partial charge < -0.3 is 0 Å². The number of aryl methyl sites for hydroxylation is 2. The van der Waals surface area contributed by atoms with E-state index in [9.17, 15) is 16.8 Å². The molecule has 0 bridgehead atoms. The van der Waals surface area contributed by atoms with Gasteiger partial charge in [-0.05, 0) is 13.8 Å². The number of aromatic nitrogens is 2. The summed E-state index contributed by atoms with van der Waals surface area (Å²) in [6, 6.07) is 0. The zero-order valence-corrected chi connectivity index (χ0v) is 12.2. The molecule has 0 aliphatic heterocycles. The maximum Gasteiger partial charge on any atom is 0.241 e. The molecule has 9 heteroatoms. The van der Waals surface area contributed by atoms with Crippen LogP contribution in [0.2, 0.25) is 0 Å². The Kier molecular flexibility index (Phi) is 4.19. The minimum atomic E-state index is -3.84. The number of sulfone groups is 1. The highest BCUT2D eigenvalue weighted by Gasteiger charge is 2.21. The van der Waals surface area contributed by atoms with Gasteiger partial charge >= 0.3 is 0 Å². The molecule has 18 heavy (non-hydrogen) atoms. The molecule has 104 valence electrons. The van der Waals surface area contributed by atoms with Gasteiger partial charge in [0.25, 0.3) is 0 Å². The predicted molar refractivity (Wildman–Crippen MR) is 67.4 cm³/mol. The topological polar surface area (TPSA) is 112 Å². The van der Waals surface area contributed by atoms with Crippen LogP contribution in [0.1, 0.15) is 18.3 Å². The second kappa shape index (κ2) is 4.98. The van der Waals surface area contributed by atoms with E-state index in [-0.39, 0.29) is 28.6 Å². The molecule has 0 atom stereocenters. The first-order chi connectivity index (χ1) is 8.08. The standard InChI is InChI=1S/C9H17N3O4S2/c1-4-17(13,14)6-5-12-8(3)9(7(2)11-12)18(10,15)16/h4-6H2,1-3H3,(H2,10,15,16). The molecule has 0 unspecified atom stereocenters. The first-order valence-electron chi connectivity index (χ1n) is 5.35. The van der Waals surface area contributed by atoms with Crippen LogP contribution >= 0.6 is 0 Å². The average molecular weight is 295 g/mol. The number of hydrogen-bond donors (Lipinski definition) is 1. The maximum atomic E-state index is 11.4. The van der Waals surface area contributed by atoms with Crippen molar-refractivity contribution in [2.45, 2.75) is 32.2 Å². The number of nitrogens with zero attached hydrogens (tertiary/aromatic N) is 2. The highest BCUT2D eigenvalue weighted by Crippen LogP contribution is 2.17. The Hall–Kier alpha value is -0.930. The summed E-state index contributed by atoms with van der Waals surface area (Å²) in [4.78, 5) is -0.0311. The fraction of sp³-hybridized carbons (Fsp3) is 0.667. The number of sulfonamides is 1. The van der Waals surface area contributed by atoms with Crippen molar-refractivity contribution in [3.05, 3.63) is 11.4 Å². The quantitative estimate of drug-likeness (QED) is 0.793. The van der Waals surface area contributed by atoms with E-state index in [4.69, 9.17) is 5.14 Å². The maximum absolute atomic E-state index is 11.4. The SMILES string of the molecule is CCS(=O)(=O)CCn1nc(C)c(S(N)(=O)=O)c1C. The van der Waals surface area contributed by atoms with Crippen LogP contribution in [-0.4, -0.2) is 38.1 Å². The van der Waals surface area contributed by atoms with Gasteiger partial charge in [0, 0.05) is 5.75 Å². The number of hydrogen-bond acceptors (Lipinski definition) is 5. The van der Waals surface area contributed by atoms with Crippen molar-refractivity contribution in [3.63, 3.8) is 0 Å². The van der Waals surface area contributed by atoms with Crippen LogP contribution in [-0.2, 0) is 26.4 Å². The fourth-order valence-corrected chi connectivity index (χ4v) is 3.39. The summed E-state index contributed by atoms with van der Waals surface area (Å²) in [7, 11) is -6.95. The molecule has 0 saturated heterocycles. The van der Waals surface area contributed by atoms with E-state index in [1.165, 1.54) is 11.6 Å². The monoisotopic (exact) mass is 295 g/mol. The number of rotatable bonds is 5. The first kappa shape index (κ1) is 15.1. The molecule has 0 aliphatic carbocycles. The van der Waals surface area contributed by atoms with Crippen LogP contribution in [0.25, 0.3) is 0 Å². The van der Waals surface area contributed by atoms with E-state index >= 15 is 0 Å². The predicted octanol–water partition coefficient (Wildman–Crippen LogP) is -0.418. The molecule has 0 radical (unpaired) electrons. The van der Waals surface area contributed by atoms with E-state index in [0.717, 1.165) is 0 Å². The van der Waals surface area contributed by atoms with Gasteiger partial charge in [-0.15, -0.1) is 0 Å². The summed E-state index contributed by atoms with van der Waals surface area (Å²) in [5.41, 5.74) is 0.644. The van der Waals surface area contributed by atoms with Gasteiger partial charge in [-0.3, -0.25) is 4.68 Å². The Labute approximate surface area is 107 Å². The summed E-state index contributed by atoms with van der Waals surface area (Å²) < 4.78 is 46.8. The Morgan fingerprint density at radius 2 is 1.78 bits per heavy atom. The number of nitrogens with two attached hydrogens (primary N) is 1. The Balaban J connectivity index is 3.08. The smallest absolute Gasteiger partial charge is 0.241 e. The van der Waals surface area contributed by atoms with Gasteiger partial charge in [0.1, 0.15) is 4.90 Å². The van der Waals surface area contributed by atoms with Crippen LogP contribution in [0.3, 0.4) is 0 Å². The van der Waals surface area contributed by atoms with Crippen LogP contribution < -0.4 is 5.14 Å². The van der Waals surface area contributed by atoms with E-state index in [2.05, 4.69) is 5.10 Å². The fourth-order valence-electron chi connectivity index (χ4n) is 1.68. The van der Waals surface area contributed by atoms with Gasteiger partial charge in [-0.25, -0.2) is 22.0 Å². The number of primary sulfonamides is 1. The minimum Gasteiger partial charge on any atom is -0.267 e. The molecular formula is C9H17N3O4S2. The molecule has 2 N–H and O–H groups in total. The Morgan fingerprint density at radius 1 is 1.22 bits per heavy atom. The van der Waals surface area contributed by atoms with Crippen molar-refractivity contribution in [2.75, 3.05) is 11.5 Å². The van der Waals surface area contributed by atoms with Gasteiger partial charge in [0.15, 0.2) is 9.84 Å². The zero-order valence-electron chi connectivity index (χ0n) is 10.5. The molecule has 0 spiro atoms. The molecule has 1 aromatic rings. The minimum absolute atomic E-state index is 0.0311. The van der Waals surface area contributed by atoms with Crippen LogP contribution in [0, 0.1) is 13.8 Å². The lowest BCUT2D eigenvalue weighted by molar-refractivity contribution is 0.576. The Morgan fingerprint density at radius 3 is 2.17 bits per heavy atom. The molecule has 0 saturated carbocycles. The normalized spacial score (nSPS) is 12.9. The van der Waals surface area contributed by atoms with Crippen molar-refractivity contribution >= 4 is 19.9 Å². The third-order valence-electron chi connectivity index (χ3n) is 2.65. The molecule has 1 aromatic heterocycles. The van der Waals surface area contributed by atoms with Gasteiger partial charge in [-0.2, -0.15) is 5.10 Å². The molecular weight excluding hydrogens is 278 g/mol. The van der Waals surface area contributed by atoms with Crippen molar-refractivity contribution in [2.24, 2.45) is 5.14 Å². The second-order valence-electron chi connectivity index (χ2n) is 4.00. The molecule has 0 aromatic carbocycles. The summed E-state index contributed by atoms with van der Waals surface area (Å²) in [6.07, 6.45) is 0. The summed E-state index contributed by atoms with van der Waals surface area (Å²) >= 11 is 0. The van der Waals surface area contributed by atoms with Crippen molar-refractivity contribution in [3.8, 4) is 0 Å². The van der Waals surface area contributed by atoms with Crippen LogP contribution in [0.4, 0.5) is 0 Å². The molecule has 0 fully saturated rings. The third-order valence-corrected chi connectivity index (χ3v) is 5.50. The lowest BCUT2D eigenvalue weighted by Gasteiger charge is -2.04. The molecule has 1 heterocycles. The molecule has 0 amide bonds. The first-order valence-corrected chi connectivity index (χ1v) is 8.72. The summed E-state index contributed by atoms with van der Waals surface area (Å²) in [5.74, 6) is -0.0239. The highest BCUT2D eigenvalue weighted by atomic mass is 32.2. The van der Waals surface area contributed by atoms with Gasteiger partial charge in [0.05, 0.1) is 23.7 Å². The summed E-state index contributed by atoms with van der Waals surface area (Å²) in [5, 5.41) is 9.09. The van der Waals surface area contributed by atoms with E-state index in [0.29, 0.717) is 5.69 Å². The molecule has 7 nitrogen and oxygen atoms in total. The lowest BCUT2D eigenvalue weighted by atomic mass is 10.4. The average Bonchev–Trinajstić information content (AvgIpc) is 2.50. The van der Waals surface area contributed by atoms with Crippen LogP contribution in [0.15, 0.2) is 4.90 Å². The van der Waals surface area contributed by atoms with Gasteiger partial charge in [0.2, 0.25) is 10.0 Å². The molecule has 1 rings (SSSR count). The second-order valence-corrected chi connectivity index (χ2v) is 7.98. The van der Waals surface area contributed by atoms with Crippen molar-refractivity contribution in [1.82, 2.24) is 9.78 Å². The van der Waals surface area contributed by atoms with Crippen LogP contribution in [0.5, 0.6) is 0 Å². The highest BCUT2D eigenvalue weighted by molar-refractivity contribution is 7.91. The van der Waals surface area contributed by atoms with Crippen molar-refractivity contribution in [1.29, 1.82) is 0 Å². The summed E-state index contributed by atoms with van der Waals surface area (Å²) in [6.45, 7) is 4.76. The van der Waals surface area contributed by atoms with E-state index in [1.54, 1.807) is 13.8 Å². The third kappa shape index (κ3) is 3.30.